The molecule has 2 aromatic heterocycles. The number of thiophene rings is 1. The molecule has 1 aliphatic rings. The second-order valence-electron chi connectivity index (χ2n) is 6.60. The average Bonchev–Trinajstić information content (AvgIpc) is 3.04. The lowest BCUT2D eigenvalue weighted by atomic mass is 10.0. The Morgan fingerprint density at radius 2 is 2.29 bits per heavy atom. The van der Waals surface area contributed by atoms with Crippen LogP contribution in [0.3, 0.4) is 0 Å². The number of amides is 2. The van der Waals surface area contributed by atoms with Crippen molar-refractivity contribution >= 4 is 28.3 Å². The van der Waals surface area contributed by atoms with Gasteiger partial charge in [-0.25, -0.2) is 4.79 Å². The second kappa shape index (κ2) is 8.85. The number of nitriles is 1. The van der Waals surface area contributed by atoms with Gasteiger partial charge in [0, 0.05) is 35.7 Å². The number of ether oxygens (including phenoxy) is 1. The van der Waals surface area contributed by atoms with Gasteiger partial charge in [0.2, 0.25) is 5.91 Å². The highest BCUT2D eigenvalue weighted by Gasteiger charge is 2.28. The Balaban J connectivity index is 1.71. The third kappa shape index (κ3) is 4.31. The van der Waals surface area contributed by atoms with E-state index >= 15 is 0 Å². The molecule has 7 nitrogen and oxygen atoms in total. The molecule has 1 atom stereocenters. The molecule has 3 heterocycles. The average molecular weight is 398 g/mol. The van der Waals surface area contributed by atoms with Crippen molar-refractivity contribution in [3.05, 3.63) is 46.1 Å². The molecule has 0 aliphatic carbocycles. The van der Waals surface area contributed by atoms with Crippen LogP contribution in [0.4, 0.5) is 9.80 Å². The molecule has 0 bridgehead atoms. The predicted octanol–water partition coefficient (Wildman–Crippen LogP) is 3.66. The van der Waals surface area contributed by atoms with Crippen molar-refractivity contribution in [2.45, 2.75) is 39.2 Å². The number of nitrogens with one attached hydrogen (secondary N) is 1. The maximum Gasteiger partial charge on any atom is 0.410 e. The summed E-state index contributed by atoms with van der Waals surface area (Å²) in [6.45, 7) is 4.94. The summed E-state index contributed by atoms with van der Waals surface area (Å²) in [7, 11) is 0. The van der Waals surface area contributed by atoms with Gasteiger partial charge >= 0.3 is 6.09 Å². The van der Waals surface area contributed by atoms with Crippen LogP contribution in [0, 0.1) is 11.3 Å². The first kappa shape index (κ1) is 19.8. The van der Waals surface area contributed by atoms with E-state index in [1.165, 1.54) is 11.3 Å². The van der Waals surface area contributed by atoms with Gasteiger partial charge in [0.05, 0.1) is 18.7 Å². The number of rotatable bonds is 5. The van der Waals surface area contributed by atoms with E-state index in [1.807, 2.05) is 25.1 Å². The quantitative estimate of drug-likeness (QED) is 0.829. The summed E-state index contributed by atoms with van der Waals surface area (Å²) in [6, 6.07) is 7.84. The van der Waals surface area contributed by atoms with Gasteiger partial charge in [-0.05, 0) is 31.0 Å². The van der Waals surface area contributed by atoms with E-state index in [0.29, 0.717) is 36.7 Å². The Morgan fingerprint density at radius 1 is 1.46 bits per heavy atom. The van der Waals surface area contributed by atoms with Crippen LogP contribution in [0.5, 0.6) is 0 Å². The normalized spacial score (nSPS) is 14.0. The van der Waals surface area contributed by atoms with Crippen LogP contribution in [0.15, 0.2) is 24.4 Å². The smallest absolute Gasteiger partial charge is 0.410 e. The summed E-state index contributed by atoms with van der Waals surface area (Å²) < 4.78 is 5.06. The summed E-state index contributed by atoms with van der Waals surface area (Å²) in [5.41, 5.74) is 2.28. The lowest BCUT2D eigenvalue weighted by Gasteiger charge is -2.25. The van der Waals surface area contributed by atoms with Crippen molar-refractivity contribution in [1.29, 1.82) is 5.26 Å². The van der Waals surface area contributed by atoms with E-state index in [-0.39, 0.29) is 24.3 Å². The Hall–Kier alpha value is -2.92. The number of carbonyl (C=O) groups excluding carboxylic acids is 2. The number of anilines is 1. The van der Waals surface area contributed by atoms with Crippen LogP contribution in [-0.4, -0.2) is 35.0 Å². The molecule has 3 rings (SSSR count). The van der Waals surface area contributed by atoms with Gasteiger partial charge in [0.25, 0.3) is 0 Å². The molecule has 0 aromatic carbocycles. The minimum absolute atomic E-state index is 0.0272. The molecule has 1 unspecified atom stereocenters. The number of carbonyl (C=O) groups is 2. The zero-order chi connectivity index (χ0) is 20.1. The lowest BCUT2D eigenvalue weighted by molar-refractivity contribution is -0.116. The maximum atomic E-state index is 12.5. The van der Waals surface area contributed by atoms with E-state index in [1.54, 1.807) is 18.0 Å². The SMILES string of the molecule is CCOC(=O)N1CCc2c(sc(NC(=O)CC(C)c3ccccn3)c2C#N)C1. The fraction of sp³-hybridized carbons (Fsp3) is 0.400. The van der Waals surface area contributed by atoms with Gasteiger partial charge in [-0.3, -0.25) is 9.78 Å². The van der Waals surface area contributed by atoms with Gasteiger partial charge in [0.1, 0.15) is 11.1 Å². The Labute approximate surface area is 167 Å². The maximum absolute atomic E-state index is 12.5. The zero-order valence-corrected chi connectivity index (χ0v) is 16.7. The third-order valence-corrected chi connectivity index (χ3v) is 5.76. The van der Waals surface area contributed by atoms with E-state index in [0.717, 1.165) is 16.1 Å². The molecule has 0 saturated carbocycles. The molecule has 0 saturated heterocycles. The van der Waals surface area contributed by atoms with Crippen molar-refractivity contribution in [3.63, 3.8) is 0 Å². The van der Waals surface area contributed by atoms with E-state index in [9.17, 15) is 14.9 Å². The zero-order valence-electron chi connectivity index (χ0n) is 15.9. The summed E-state index contributed by atoms with van der Waals surface area (Å²) in [5.74, 6) is -0.184. The second-order valence-corrected chi connectivity index (χ2v) is 7.70. The molecule has 28 heavy (non-hydrogen) atoms. The number of aromatic nitrogens is 1. The number of nitrogens with zero attached hydrogens (tertiary/aromatic N) is 3. The molecule has 146 valence electrons. The molecule has 1 N–H and O–H groups in total. The minimum Gasteiger partial charge on any atom is -0.450 e. The molecule has 1 aliphatic heterocycles. The summed E-state index contributed by atoms with van der Waals surface area (Å²) in [4.78, 5) is 31.3. The Bertz CT molecular complexity index is 904. The van der Waals surface area contributed by atoms with Crippen molar-refractivity contribution in [3.8, 4) is 6.07 Å². The highest BCUT2D eigenvalue weighted by atomic mass is 32.1. The van der Waals surface area contributed by atoms with Crippen LogP contribution in [0.25, 0.3) is 0 Å². The van der Waals surface area contributed by atoms with Crippen molar-refractivity contribution < 1.29 is 14.3 Å². The molecule has 0 fully saturated rings. The van der Waals surface area contributed by atoms with Crippen LogP contribution < -0.4 is 5.32 Å². The van der Waals surface area contributed by atoms with Gasteiger partial charge in [-0.1, -0.05) is 13.0 Å². The van der Waals surface area contributed by atoms with E-state index in [4.69, 9.17) is 4.74 Å². The third-order valence-electron chi connectivity index (χ3n) is 4.63. The minimum atomic E-state index is -0.352. The van der Waals surface area contributed by atoms with Gasteiger partial charge < -0.3 is 15.0 Å². The Kier molecular flexibility index (Phi) is 6.26. The predicted molar refractivity (Wildman–Crippen MR) is 106 cm³/mol. The first-order valence-electron chi connectivity index (χ1n) is 9.20. The topological polar surface area (TPSA) is 95.3 Å². The Morgan fingerprint density at radius 3 is 2.96 bits per heavy atom. The molecule has 2 aromatic rings. The monoisotopic (exact) mass is 398 g/mol. The number of pyridine rings is 1. The van der Waals surface area contributed by atoms with Crippen LogP contribution in [-0.2, 0) is 22.5 Å². The summed E-state index contributed by atoms with van der Waals surface area (Å²) in [5, 5.41) is 13.0. The molecule has 0 radical (unpaired) electrons. The summed E-state index contributed by atoms with van der Waals surface area (Å²) >= 11 is 1.36. The van der Waals surface area contributed by atoms with Crippen LogP contribution >= 0.6 is 11.3 Å². The number of hydrogen-bond acceptors (Lipinski definition) is 6. The first-order chi connectivity index (χ1) is 13.5. The highest BCUT2D eigenvalue weighted by Crippen LogP contribution is 2.37. The number of hydrogen-bond donors (Lipinski definition) is 1. The van der Waals surface area contributed by atoms with E-state index < -0.39 is 0 Å². The summed E-state index contributed by atoms with van der Waals surface area (Å²) in [6.07, 6.45) is 2.21. The van der Waals surface area contributed by atoms with Gasteiger partial charge in [0.15, 0.2) is 0 Å². The molecule has 2 amide bonds. The van der Waals surface area contributed by atoms with Gasteiger partial charge in [-0.2, -0.15) is 5.26 Å². The molecule has 8 heteroatoms. The molecular formula is C20H22N4O3S. The standard InChI is InChI=1S/C20H22N4O3S/c1-3-27-20(26)24-9-7-14-15(11-21)19(28-17(14)12-24)23-18(25)10-13(2)16-6-4-5-8-22-16/h4-6,8,13H,3,7,9-10,12H2,1-2H3,(H,23,25). The fourth-order valence-electron chi connectivity index (χ4n) is 3.21. The molecular weight excluding hydrogens is 376 g/mol. The van der Waals surface area contributed by atoms with E-state index in [2.05, 4.69) is 16.4 Å². The lowest BCUT2D eigenvalue weighted by Crippen LogP contribution is -2.35. The number of fused-ring (bicyclic) bond motifs is 1. The fourth-order valence-corrected chi connectivity index (χ4v) is 4.44. The van der Waals surface area contributed by atoms with Crippen molar-refractivity contribution in [2.24, 2.45) is 0 Å². The van der Waals surface area contributed by atoms with Gasteiger partial charge in [-0.15, -0.1) is 11.3 Å². The van der Waals surface area contributed by atoms with Crippen LogP contribution in [0.2, 0.25) is 0 Å². The van der Waals surface area contributed by atoms with Crippen molar-refractivity contribution in [2.75, 3.05) is 18.5 Å². The highest BCUT2D eigenvalue weighted by molar-refractivity contribution is 7.16. The molecule has 0 spiro atoms. The van der Waals surface area contributed by atoms with Crippen LogP contribution in [0.1, 0.15) is 47.9 Å². The van der Waals surface area contributed by atoms with Crippen molar-refractivity contribution in [1.82, 2.24) is 9.88 Å². The first-order valence-corrected chi connectivity index (χ1v) is 10.0. The largest absolute Gasteiger partial charge is 0.450 e.